The Balaban J connectivity index is 3.61. The van der Waals surface area contributed by atoms with Crippen molar-refractivity contribution in [3.8, 4) is 0 Å². The van der Waals surface area contributed by atoms with Gasteiger partial charge in [-0.05, 0) is 25.6 Å². The molecule has 0 heterocycles. The summed E-state index contributed by atoms with van der Waals surface area (Å²) < 4.78 is 22.4. The van der Waals surface area contributed by atoms with E-state index in [-0.39, 0.29) is 5.75 Å². The van der Waals surface area contributed by atoms with Crippen LogP contribution in [-0.4, -0.2) is 44.5 Å². The van der Waals surface area contributed by atoms with Crippen molar-refractivity contribution in [2.24, 2.45) is 0 Å². The normalized spacial score (nSPS) is 14.1. The monoisotopic (exact) mass is 253 g/mol. The fourth-order valence-electron chi connectivity index (χ4n) is 1.26. The quantitative estimate of drug-likeness (QED) is 0.633. The van der Waals surface area contributed by atoms with Crippen LogP contribution in [0.1, 0.15) is 26.7 Å². The smallest absolute Gasteiger partial charge is 0.150 e. The molecular weight excluding hydrogens is 230 g/mol. The van der Waals surface area contributed by atoms with E-state index in [0.29, 0.717) is 11.8 Å². The first kappa shape index (κ1) is 15.3. The van der Waals surface area contributed by atoms with Gasteiger partial charge in [-0.15, -0.1) is 0 Å². The molecule has 5 heteroatoms. The summed E-state index contributed by atoms with van der Waals surface area (Å²) in [5.74, 6) is 1.66. The van der Waals surface area contributed by atoms with E-state index in [9.17, 15) is 8.42 Å². The summed E-state index contributed by atoms with van der Waals surface area (Å²) in [5, 5.41) is 3.38. The van der Waals surface area contributed by atoms with E-state index in [1.165, 1.54) is 0 Å². The number of thioether (sulfide) groups is 1. The van der Waals surface area contributed by atoms with E-state index in [4.69, 9.17) is 0 Å². The van der Waals surface area contributed by atoms with Crippen molar-refractivity contribution in [1.82, 2.24) is 5.32 Å². The summed E-state index contributed by atoms with van der Waals surface area (Å²) in [4.78, 5) is 0. The molecule has 0 aliphatic heterocycles. The summed E-state index contributed by atoms with van der Waals surface area (Å²) in [7, 11) is -2.78. The van der Waals surface area contributed by atoms with Crippen LogP contribution in [0.2, 0.25) is 0 Å². The lowest BCUT2D eigenvalue weighted by molar-refractivity contribution is 0.535. The van der Waals surface area contributed by atoms with Gasteiger partial charge in [-0.2, -0.15) is 11.8 Å². The predicted octanol–water partition coefficient (Wildman–Crippen LogP) is 1.54. The summed E-state index contributed by atoms with van der Waals surface area (Å²) in [6.45, 7) is 4.65. The highest BCUT2D eigenvalue weighted by Gasteiger charge is 2.08. The van der Waals surface area contributed by atoms with Crippen molar-refractivity contribution >= 4 is 21.6 Å². The molecule has 0 saturated heterocycles. The van der Waals surface area contributed by atoms with Crippen molar-refractivity contribution in [2.75, 3.05) is 30.1 Å². The van der Waals surface area contributed by atoms with Gasteiger partial charge in [0.25, 0.3) is 0 Å². The van der Waals surface area contributed by atoms with Crippen molar-refractivity contribution < 1.29 is 8.42 Å². The van der Waals surface area contributed by atoms with Crippen molar-refractivity contribution in [3.63, 3.8) is 0 Å². The largest absolute Gasteiger partial charge is 0.313 e. The number of hydrogen-bond donors (Lipinski definition) is 1. The lowest BCUT2D eigenvalue weighted by atomic mass is 10.2. The van der Waals surface area contributed by atoms with E-state index >= 15 is 0 Å². The van der Waals surface area contributed by atoms with Crippen LogP contribution in [0.25, 0.3) is 0 Å². The Morgan fingerprint density at radius 1 is 1.33 bits per heavy atom. The molecule has 0 radical (unpaired) electrons. The maximum atomic E-state index is 11.2. The molecule has 0 aliphatic carbocycles. The van der Waals surface area contributed by atoms with Crippen LogP contribution in [0.15, 0.2) is 0 Å². The Bertz CT molecular complexity index is 240. The minimum Gasteiger partial charge on any atom is -0.313 e. The van der Waals surface area contributed by atoms with Crippen LogP contribution in [0, 0.1) is 0 Å². The number of nitrogens with one attached hydrogen (secondary N) is 1. The van der Waals surface area contributed by atoms with Crippen LogP contribution >= 0.6 is 11.8 Å². The molecular formula is C10H23NO2S2. The third-order valence-electron chi connectivity index (χ3n) is 2.37. The fourth-order valence-corrected chi connectivity index (χ4v) is 2.89. The van der Waals surface area contributed by atoms with Crippen LogP contribution in [0.4, 0.5) is 0 Å². The zero-order valence-electron chi connectivity index (χ0n) is 9.95. The molecule has 0 aromatic carbocycles. The van der Waals surface area contributed by atoms with E-state index in [2.05, 4.69) is 18.5 Å². The minimum absolute atomic E-state index is 0.259. The molecule has 0 aromatic rings. The molecule has 0 aliphatic rings. The fraction of sp³-hybridized carbons (Fsp3) is 1.00. The Hall–Kier alpha value is 0.260. The van der Waals surface area contributed by atoms with Gasteiger partial charge >= 0.3 is 0 Å². The average Bonchev–Trinajstić information content (AvgIpc) is 2.22. The number of sulfone groups is 1. The van der Waals surface area contributed by atoms with E-state index in [1.54, 1.807) is 6.92 Å². The Morgan fingerprint density at radius 2 is 2.00 bits per heavy atom. The van der Waals surface area contributed by atoms with Gasteiger partial charge in [-0.1, -0.05) is 13.8 Å². The highest BCUT2D eigenvalue weighted by Crippen LogP contribution is 2.01. The lowest BCUT2D eigenvalue weighted by Crippen LogP contribution is -2.32. The van der Waals surface area contributed by atoms with Gasteiger partial charge in [-0.3, -0.25) is 0 Å². The lowest BCUT2D eigenvalue weighted by Gasteiger charge is -2.15. The van der Waals surface area contributed by atoms with Crippen LogP contribution in [-0.2, 0) is 9.84 Å². The van der Waals surface area contributed by atoms with Crippen LogP contribution in [0.5, 0.6) is 0 Å². The van der Waals surface area contributed by atoms with E-state index < -0.39 is 9.84 Å². The maximum Gasteiger partial charge on any atom is 0.150 e. The predicted molar refractivity (Wildman–Crippen MR) is 69.4 cm³/mol. The zero-order chi connectivity index (χ0) is 11.7. The standard InChI is InChI=1S/C10H23NO2S2/c1-4-10(9-14-3)11-7-6-8-15(12,13)5-2/h10-11H,4-9H2,1-3H3. The highest BCUT2D eigenvalue weighted by molar-refractivity contribution is 7.98. The van der Waals surface area contributed by atoms with Crippen LogP contribution < -0.4 is 5.32 Å². The second-order valence-corrected chi connectivity index (χ2v) is 6.99. The Kier molecular flexibility index (Phi) is 8.56. The summed E-state index contributed by atoms with van der Waals surface area (Å²) in [6, 6.07) is 0.518. The molecule has 0 rings (SSSR count). The van der Waals surface area contributed by atoms with Crippen molar-refractivity contribution in [2.45, 2.75) is 32.7 Å². The van der Waals surface area contributed by atoms with Gasteiger partial charge in [0, 0.05) is 17.5 Å². The summed E-state index contributed by atoms with van der Waals surface area (Å²) >= 11 is 1.82. The van der Waals surface area contributed by atoms with Gasteiger partial charge in [-0.25, -0.2) is 8.42 Å². The summed E-state index contributed by atoms with van der Waals surface area (Å²) in [5.41, 5.74) is 0. The molecule has 0 fully saturated rings. The second kappa shape index (κ2) is 8.42. The third kappa shape index (κ3) is 8.11. The molecule has 92 valence electrons. The first-order valence-electron chi connectivity index (χ1n) is 5.48. The van der Waals surface area contributed by atoms with Gasteiger partial charge in [0.15, 0.2) is 0 Å². The molecule has 0 bridgehead atoms. The molecule has 0 saturated carbocycles. The Morgan fingerprint density at radius 3 is 2.47 bits per heavy atom. The molecule has 0 amide bonds. The van der Waals surface area contributed by atoms with Crippen molar-refractivity contribution in [3.05, 3.63) is 0 Å². The van der Waals surface area contributed by atoms with Crippen LogP contribution in [0.3, 0.4) is 0 Å². The zero-order valence-corrected chi connectivity index (χ0v) is 11.6. The highest BCUT2D eigenvalue weighted by atomic mass is 32.2. The number of hydrogen-bond acceptors (Lipinski definition) is 4. The van der Waals surface area contributed by atoms with Gasteiger partial charge in [0.2, 0.25) is 0 Å². The topological polar surface area (TPSA) is 46.2 Å². The van der Waals surface area contributed by atoms with Gasteiger partial charge in [0.1, 0.15) is 9.84 Å². The van der Waals surface area contributed by atoms with E-state index in [1.807, 2.05) is 11.8 Å². The van der Waals surface area contributed by atoms with Gasteiger partial charge < -0.3 is 5.32 Å². The van der Waals surface area contributed by atoms with Crippen molar-refractivity contribution in [1.29, 1.82) is 0 Å². The molecule has 1 atom stereocenters. The molecule has 0 aromatic heterocycles. The summed E-state index contributed by atoms with van der Waals surface area (Å²) in [6.07, 6.45) is 3.91. The third-order valence-corrected chi connectivity index (χ3v) is 4.89. The van der Waals surface area contributed by atoms with Gasteiger partial charge in [0.05, 0.1) is 5.75 Å². The maximum absolute atomic E-state index is 11.2. The average molecular weight is 253 g/mol. The molecule has 0 spiro atoms. The Labute approximate surface area is 98.3 Å². The molecule has 1 N–H and O–H groups in total. The first-order chi connectivity index (χ1) is 7.05. The molecule has 3 nitrogen and oxygen atoms in total. The minimum atomic E-state index is -2.78. The molecule has 15 heavy (non-hydrogen) atoms. The first-order valence-corrected chi connectivity index (χ1v) is 8.70. The molecule has 1 unspecified atom stereocenters. The SMILES string of the molecule is CCC(CSC)NCCCS(=O)(=O)CC. The number of rotatable bonds is 9. The second-order valence-electron chi connectivity index (χ2n) is 3.60. The van der Waals surface area contributed by atoms with E-state index in [0.717, 1.165) is 25.1 Å².